The lowest BCUT2D eigenvalue weighted by Crippen LogP contribution is -2.07. The largest absolute Gasteiger partial charge is 0.478 e. The van der Waals surface area contributed by atoms with Crippen LogP contribution in [-0.4, -0.2) is 22.0 Å². The van der Waals surface area contributed by atoms with Crippen molar-refractivity contribution >= 4 is 28.5 Å². The molecule has 3 aromatic rings. The highest BCUT2D eigenvalue weighted by Crippen LogP contribution is 2.33. The Hall–Kier alpha value is -3.42. The minimum atomic E-state index is -4.53. The fourth-order valence-electron chi connectivity index (χ4n) is 2.69. The number of halogens is 3. The molecule has 3 rings (SSSR count). The van der Waals surface area contributed by atoms with E-state index in [1.165, 1.54) is 43.3 Å². The standard InChI is InChI=1S/C19H13F3N2O3/c1-10(25)23-13-5-6-14-15(18(26)27)9-16(24-17(14)8-13)11-3-2-4-12(7-11)19(20,21)22/h2-9H,1H3,(H,23,25)(H,26,27). The molecule has 1 heterocycles. The van der Waals surface area contributed by atoms with Crippen LogP contribution in [0.25, 0.3) is 22.2 Å². The molecule has 0 aliphatic heterocycles. The lowest BCUT2D eigenvalue weighted by molar-refractivity contribution is -0.137. The monoisotopic (exact) mass is 374 g/mol. The minimum absolute atomic E-state index is 0.0889. The summed E-state index contributed by atoms with van der Waals surface area (Å²) in [6.07, 6.45) is -4.53. The predicted molar refractivity (Wildman–Crippen MR) is 93.4 cm³/mol. The average molecular weight is 374 g/mol. The van der Waals surface area contributed by atoms with Crippen molar-refractivity contribution in [2.45, 2.75) is 13.1 Å². The van der Waals surface area contributed by atoms with E-state index in [9.17, 15) is 27.9 Å². The molecule has 0 radical (unpaired) electrons. The van der Waals surface area contributed by atoms with Crippen molar-refractivity contribution in [3.05, 3.63) is 59.7 Å². The van der Waals surface area contributed by atoms with Gasteiger partial charge in [0.25, 0.3) is 0 Å². The Morgan fingerprint density at radius 2 is 1.81 bits per heavy atom. The van der Waals surface area contributed by atoms with Gasteiger partial charge in [0.15, 0.2) is 0 Å². The molecule has 138 valence electrons. The van der Waals surface area contributed by atoms with E-state index >= 15 is 0 Å². The molecule has 0 aliphatic rings. The summed E-state index contributed by atoms with van der Waals surface area (Å²) in [6.45, 7) is 1.32. The van der Waals surface area contributed by atoms with Crippen LogP contribution in [0.15, 0.2) is 48.5 Å². The van der Waals surface area contributed by atoms with Crippen LogP contribution in [0.5, 0.6) is 0 Å². The lowest BCUT2D eigenvalue weighted by atomic mass is 10.0. The summed E-state index contributed by atoms with van der Waals surface area (Å²) in [7, 11) is 0. The van der Waals surface area contributed by atoms with E-state index in [0.717, 1.165) is 12.1 Å². The number of anilines is 1. The number of hydrogen-bond acceptors (Lipinski definition) is 3. The molecule has 0 atom stereocenters. The smallest absolute Gasteiger partial charge is 0.416 e. The quantitative estimate of drug-likeness (QED) is 0.703. The second-order valence-electron chi connectivity index (χ2n) is 5.85. The zero-order valence-corrected chi connectivity index (χ0v) is 14.0. The normalized spacial score (nSPS) is 11.4. The van der Waals surface area contributed by atoms with E-state index in [1.807, 2.05) is 0 Å². The van der Waals surface area contributed by atoms with Gasteiger partial charge in [-0.3, -0.25) is 4.79 Å². The van der Waals surface area contributed by atoms with Crippen LogP contribution >= 0.6 is 0 Å². The van der Waals surface area contributed by atoms with Crippen molar-refractivity contribution in [2.24, 2.45) is 0 Å². The second-order valence-corrected chi connectivity index (χ2v) is 5.85. The topological polar surface area (TPSA) is 79.3 Å². The summed E-state index contributed by atoms with van der Waals surface area (Å²) in [4.78, 5) is 27.1. The number of fused-ring (bicyclic) bond motifs is 1. The summed E-state index contributed by atoms with van der Waals surface area (Å²) in [5.74, 6) is -1.55. The molecule has 0 saturated heterocycles. The lowest BCUT2D eigenvalue weighted by Gasteiger charge is -2.11. The molecule has 1 amide bonds. The number of aromatic carboxylic acids is 1. The van der Waals surface area contributed by atoms with Crippen LogP contribution in [0.1, 0.15) is 22.8 Å². The third-order valence-corrected chi connectivity index (χ3v) is 3.85. The highest BCUT2D eigenvalue weighted by Gasteiger charge is 2.30. The van der Waals surface area contributed by atoms with Crippen molar-refractivity contribution in [1.82, 2.24) is 4.98 Å². The van der Waals surface area contributed by atoms with Gasteiger partial charge in [-0.1, -0.05) is 12.1 Å². The molecule has 0 saturated carbocycles. The molecule has 0 aliphatic carbocycles. The summed E-state index contributed by atoms with van der Waals surface area (Å²) in [6, 6.07) is 10.2. The Morgan fingerprint density at radius 1 is 1.07 bits per heavy atom. The SMILES string of the molecule is CC(=O)Nc1ccc2c(C(=O)O)cc(-c3cccc(C(F)(F)F)c3)nc2c1. The van der Waals surface area contributed by atoms with Gasteiger partial charge in [0.05, 0.1) is 22.3 Å². The van der Waals surface area contributed by atoms with Gasteiger partial charge in [-0.05, 0) is 36.4 Å². The van der Waals surface area contributed by atoms with Crippen LogP contribution in [0, 0.1) is 0 Å². The summed E-state index contributed by atoms with van der Waals surface area (Å²) in [5.41, 5.74) is -0.0775. The Balaban J connectivity index is 2.21. The molecule has 0 unspecified atom stereocenters. The van der Waals surface area contributed by atoms with Crippen LogP contribution in [0.3, 0.4) is 0 Å². The minimum Gasteiger partial charge on any atom is -0.478 e. The van der Waals surface area contributed by atoms with E-state index in [1.54, 1.807) is 0 Å². The van der Waals surface area contributed by atoms with Gasteiger partial charge in [0.2, 0.25) is 5.91 Å². The number of benzene rings is 2. The number of amides is 1. The van der Waals surface area contributed by atoms with Crippen molar-refractivity contribution < 1.29 is 27.9 Å². The maximum absolute atomic E-state index is 13.0. The van der Waals surface area contributed by atoms with Crippen LogP contribution in [0.2, 0.25) is 0 Å². The number of carbonyl (C=O) groups is 2. The highest BCUT2D eigenvalue weighted by molar-refractivity contribution is 6.05. The van der Waals surface area contributed by atoms with E-state index in [4.69, 9.17) is 0 Å². The highest BCUT2D eigenvalue weighted by atomic mass is 19.4. The molecule has 2 N–H and O–H groups in total. The van der Waals surface area contributed by atoms with Crippen molar-refractivity contribution in [3.63, 3.8) is 0 Å². The number of carboxylic acids is 1. The average Bonchev–Trinajstić information content (AvgIpc) is 2.59. The third-order valence-electron chi connectivity index (χ3n) is 3.85. The number of carboxylic acid groups (broad SMARTS) is 1. The van der Waals surface area contributed by atoms with Gasteiger partial charge >= 0.3 is 12.1 Å². The Morgan fingerprint density at radius 3 is 2.44 bits per heavy atom. The summed E-state index contributed by atoms with van der Waals surface area (Å²) >= 11 is 0. The van der Waals surface area contributed by atoms with E-state index < -0.39 is 17.7 Å². The molecule has 8 heteroatoms. The van der Waals surface area contributed by atoms with Crippen LogP contribution in [-0.2, 0) is 11.0 Å². The number of aromatic nitrogens is 1. The van der Waals surface area contributed by atoms with Crippen molar-refractivity contribution in [3.8, 4) is 11.3 Å². The molecular formula is C19H13F3N2O3. The first-order chi connectivity index (χ1) is 12.6. The second kappa shape index (κ2) is 6.71. The summed E-state index contributed by atoms with van der Waals surface area (Å²) < 4.78 is 38.9. The fourth-order valence-corrected chi connectivity index (χ4v) is 2.69. The van der Waals surface area contributed by atoms with Crippen LogP contribution < -0.4 is 5.32 Å². The number of rotatable bonds is 3. The number of alkyl halides is 3. The Bertz CT molecular complexity index is 1060. The van der Waals surface area contributed by atoms with Gasteiger partial charge in [-0.15, -0.1) is 0 Å². The number of nitrogens with zero attached hydrogens (tertiary/aromatic N) is 1. The van der Waals surface area contributed by atoms with Crippen LogP contribution in [0.4, 0.5) is 18.9 Å². The molecule has 1 aromatic heterocycles. The zero-order valence-electron chi connectivity index (χ0n) is 14.0. The van der Waals surface area contributed by atoms with E-state index in [2.05, 4.69) is 10.3 Å². The first-order valence-corrected chi connectivity index (χ1v) is 7.78. The Kier molecular flexibility index (Phi) is 4.57. The maximum Gasteiger partial charge on any atom is 0.416 e. The van der Waals surface area contributed by atoms with E-state index in [0.29, 0.717) is 11.1 Å². The number of hydrogen-bond donors (Lipinski definition) is 2. The number of carbonyl (C=O) groups excluding carboxylic acids is 1. The van der Waals surface area contributed by atoms with Gasteiger partial charge in [-0.25, -0.2) is 9.78 Å². The number of pyridine rings is 1. The maximum atomic E-state index is 13.0. The van der Waals surface area contributed by atoms with Gasteiger partial charge in [0, 0.05) is 23.6 Å². The Labute approximate surface area is 151 Å². The molecule has 0 fully saturated rings. The zero-order chi connectivity index (χ0) is 19.8. The first-order valence-electron chi connectivity index (χ1n) is 7.78. The molecule has 0 spiro atoms. The van der Waals surface area contributed by atoms with Crippen molar-refractivity contribution in [1.29, 1.82) is 0 Å². The fraction of sp³-hybridized carbons (Fsp3) is 0.105. The molecule has 27 heavy (non-hydrogen) atoms. The molecule has 0 bridgehead atoms. The van der Waals surface area contributed by atoms with Gasteiger partial charge in [0.1, 0.15) is 0 Å². The van der Waals surface area contributed by atoms with E-state index in [-0.39, 0.29) is 28.2 Å². The summed E-state index contributed by atoms with van der Waals surface area (Å²) in [5, 5.41) is 12.3. The molecule has 5 nitrogen and oxygen atoms in total. The van der Waals surface area contributed by atoms with Crippen molar-refractivity contribution in [2.75, 3.05) is 5.32 Å². The predicted octanol–water partition coefficient (Wildman–Crippen LogP) is 4.58. The van der Waals surface area contributed by atoms with Gasteiger partial charge in [-0.2, -0.15) is 13.2 Å². The molecule has 2 aromatic carbocycles. The molecular weight excluding hydrogens is 361 g/mol. The van der Waals surface area contributed by atoms with Gasteiger partial charge < -0.3 is 10.4 Å². The third kappa shape index (κ3) is 3.89. The first kappa shape index (κ1) is 18.4. The number of nitrogens with one attached hydrogen (secondary N) is 1.